The van der Waals surface area contributed by atoms with E-state index in [4.69, 9.17) is 11.6 Å². The zero-order valence-corrected chi connectivity index (χ0v) is 17.9. The van der Waals surface area contributed by atoms with E-state index in [-0.39, 0.29) is 37.8 Å². The van der Waals surface area contributed by atoms with Crippen LogP contribution < -0.4 is 15.8 Å². The van der Waals surface area contributed by atoms with E-state index < -0.39 is 32.8 Å². The van der Waals surface area contributed by atoms with Crippen LogP contribution in [0.3, 0.4) is 0 Å². The number of anilines is 1. The second kappa shape index (κ2) is 7.88. The summed E-state index contributed by atoms with van der Waals surface area (Å²) in [7, 11) is -4.14. The number of halogens is 3. The molecule has 3 N–H and O–H groups in total. The first-order valence-corrected chi connectivity index (χ1v) is 11.0. The Balaban J connectivity index is 1.73. The molecule has 0 aliphatic rings. The lowest BCUT2D eigenvalue weighted by molar-refractivity contribution is 0.589. The molecule has 11 heteroatoms. The van der Waals surface area contributed by atoms with Crippen molar-refractivity contribution in [1.29, 1.82) is 0 Å². The highest BCUT2D eigenvalue weighted by atomic mass is 35.5. The van der Waals surface area contributed by atoms with Crippen molar-refractivity contribution in [3.05, 3.63) is 91.5 Å². The van der Waals surface area contributed by atoms with Crippen LogP contribution in [0.1, 0.15) is 5.56 Å². The van der Waals surface area contributed by atoms with Crippen LogP contribution in [-0.2, 0) is 10.0 Å². The predicted molar refractivity (Wildman–Crippen MR) is 118 cm³/mol. The number of aryl methyl sites for hydroxylation is 1. The molecule has 0 aliphatic heterocycles. The van der Waals surface area contributed by atoms with E-state index in [0.717, 1.165) is 12.1 Å². The normalized spacial score (nSPS) is 11.6. The molecule has 4 aromatic rings. The summed E-state index contributed by atoms with van der Waals surface area (Å²) in [5.74, 6) is -1.61. The maximum atomic E-state index is 14.1. The van der Waals surface area contributed by atoms with E-state index in [0.29, 0.717) is 5.56 Å². The number of hydrogen-bond acceptors (Lipinski definition) is 4. The third kappa shape index (κ3) is 3.90. The van der Waals surface area contributed by atoms with Gasteiger partial charge in [-0.15, -0.1) is 0 Å². The van der Waals surface area contributed by atoms with Crippen LogP contribution in [0.5, 0.6) is 0 Å². The quantitative estimate of drug-likeness (QED) is 0.387. The Morgan fingerprint density at radius 2 is 1.50 bits per heavy atom. The second-order valence-electron chi connectivity index (χ2n) is 6.97. The fraction of sp³-hybridized carbons (Fsp3) is 0.0476. The van der Waals surface area contributed by atoms with Crippen LogP contribution in [0.2, 0.25) is 5.02 Å². The lowest BCUT2D eigenvalue weighted by Gasteiger charge is -2.13. The molecule has 0 amide bonds. The Morgan fingerprint density at radius 3 is 2.09 bits per heavy atom. The molecule has 0 saturated heterocycles. The first-order valence-electron chi connectivity index (χ1n) is 9.10. The molecule has 0 radical (unpaired) electrons. The first kappa shape index (κ1) is 21.7. The molecular weight excluding hydrogens is 464 g/mol. The molecule has 0 unspecified atom stereocenters. The number of rotatable bonds is 4. The highest BCUT2D eigenvalue weighted by molar-refractivity contribution is 7.92. The predicted octanol–water partition coefficient (Wildman–Crippen LogP) is 3.92. The van der Waals surface area contributed by atoms with Gasteiger partial charge in [0.15, 0.2) is 0 Å². The van der Waals surface area contributed by atoms with Crippen LogP contribution in [0, 0.1) is 18.6 Å². The lowest BCUT2D eigenvalue weighted by atomic mass is 10.0. The van der Waals surface area contributed by atoms with Gasteiger partial charge in [-0.05, 0) is 48.9 Å². The molecule has 0 saturated carbocycles. The van der Waals surface area contributed by atoms with Crippen molar-refractivity contribution in [1.82, 2.24) is 9.97 Å². The summed E-state index contributed by atoms with van der Waals surface area (Å²) in [6.45, 7) is 1.52. The van der Waals surface area contributed by atoms with Gasteiger partial charge < -0.3 is 9.97 Å². The van der Waals surface area contributed by atoms with Gasteiger partial charge in [-0.3, -0.25) is 14.3 Å². The molecule has 0 atom stereocenters. The minimum atomic E-state index is -4.14. The Morgan fingerprint density at radius 1 is 0.906 bits per heavy atom. The van der Waals surface area contributed by atoms with Crippen molar-refractivity contribution in [2.24, 2.45) is 0 Å². The molecule has 7 nitrogen and oxygen atoms in total. The largest absolute Gasteiger partial charge is 0.316 e. The smallest absolute Gasteiger partial charge is 0.314 e. The zero-order valence-electron chi connectivity index (χ0n) is 16.3. The summed E-state index contributed by atoms with van der Waals surface area (Å²) < 4.78 is 56.4. The van der Waals surface area contributed by atoms with Gasteiger partial charge >= 0.3 is 11.1 Å². The van der Waals surface area contributed by atoms with Gasteiger partial charge in [0, 0.05) is 5.56 Å². The van der Waals surface area contributed by atoms with Gasteiger partial charge in [0.1, 0.15) is 11.6 Å². The molecule has 0 fully saturated rings. The zero-order chi connectivity index (χ0) is 23.2. The van der Waals surface area contributed by atoms with Crippen LogP contribution in [0.15, 0.2) is 63.0 Å². The van der Waals surface area contributed by atoms with Crippen molar-refractivity contribution in [3.8, 4) is 11.1 Å². The Bertz CT molecular complexity index is 1590. The van der Waals surface area contributed by atoms with Crippen LogP contribution in [0.25, 0.3) is 22.2 Å². The minimum Gasteiger partial charge on any atom is -0.316 e. The summed E-state index contributed by atoms with van der Waals surface area (Å²) in [6, 6.07) is 9.89. The van der Waals surface area contributed by atoms with Crippen LogP contribution in [-0.4, -0.2) is 18.4 Å². The standard InChI is InChI=1S/C21H14ClF2N3O4S/c1-10-7-16-17(26-21(29)20(28)25-16)9-18(10)32(30,31)27-11-5-6-12(13(22)8-11)19-14(23)3-2-4-15(19)24/h2-9,27H,1H3,(H,25,28)(H,26,29). The average Bonchev–Trinajstić information content (AvgIpc) is 2.70. The first-order chi connectivity index (χ1) is 15.1. The molecule has 3 aromatic carbocycles. The van der Waals surface area contributed by atoms with Crippen LogP contribution >= 0.6 is 11.6 Å². The molecule has 0 spiro atoms. The highest BCUT2D eigenvalue weighted by Gasteiger charge is 2.20. The highest BCUT2D eigenvalue weighted by Crippen LogP contribution is 2.34. The molecule has 164 valence electrons. The van der Waals surface area contributed by atoms with Gasteiger partial charge in [0.05, 0.1) is 32.2 Å². The van der Waals surface area contributed by atoms with E-state index in [2.05, 4.69) is 14.7 Å². The Hall–Kier alpha value is -3.50. The monoisotopic (exact) mass is 477 g/mol. The van der Waals surface area contributed by atoms with Crippen molar-refractivity contribution in [2.75, 3.05) is 4.72 Å². The minimum absolute atomic E-state index is 0.0601. The molecule has 1 aromatic heterocycles. The molecule has 0 bridgehead atoms. The van der Waals surface area contributed by atoms with Gasteiger partial charge in [-0.25, -0.2) is 17.2 Å². The number of benzene rings is 3. The van der Waals surface area contributed by atoms with Gasteiger partial charge in [0.2, 0.25) is 0 Å². The summed E-state index contributed by atoms with van der Waals surface area (Å²) in [6.07, 6.45) is 0. The SMILES string of the molecule is Cc1cc2[nH]c(=O)c(=O)[nH]c2cc1S(=O)(=O)Nc1ccc(-c2c(F)cccc2F)c(Cl)c1. The number of fused-ring (bicyclic) bond motifs is 1. The maximum Gasteiger partial charge on any atom is 0.314 e. The Labute approximate surface area is 184 Å². The fourth-order valence-corrected chi connectivity index (χ4v) is 4.87. The maximum absolute atomic E-state index is 14.1. The number of hydrogen-bond donors (Lipinski definition) is 3. The molecule has 1 heterocycles. The van der Waals surface area contributed by atoms with E-state index in [9.17, 15) is 26.8 Å². The summed E-state index contributed by atoms with van der Waals surface area (Å²) >= 11 is 6.18. The van der Waals surface area contributed by atoms with E-state index in [1.165, 1.54) is 43.3 Å². The summed E-state index contributed by atoms with van der Waals surface area (Å²) in [5.41, 5.74) is -1.26. The van der Waals surface area contributed by atoms with E-state index in [1.54, 1.807) is 0 Å². The third-order valence-electron chi connectivity index (χ3n) is 4.76. The van der Waals surface area contributed by atoms with Crippen LogP contribution in [0.4, 0.5) is 14.5 Å². The van der Waals surface area contributed by atoms with E-state index >= 15 is 0 Å². The summed E-state index contributed by atoms with van der Waals surface area (Å²) in [4.78, 5) is 27.6. The fourth-order valence-electron chi connectivity index (χ4n) is 3.29. The third-order valence-corrected chi connectivity index (χ3v) is 6.60. The Kier molecular flexibility index (Phi) is 5.35. The van der Waals surface area contributed by atoms with Crippen molar-refractivity contribution in [3.63, 3.8) is 0 Å². The molecule has 0 aliphatic carbocycles. The molecular formula is C21H14ClF2N3O4S. The number of aromatic amines is 2. The number of sulfonamides is 1. The number of aromatic nitrogens is 2. The lowest BCUT2D eigenvalue weighted by Crippen LogP contribution is -2.29. The topological polar surface area (TPSA) is 112 Å². The van der Waals surface area contributed by atoms with Gasteiger partial charge in [-0.2, -0.15) is 0 Å². The number of H-pyrrole nitrogens is 2. The van der Waals surface area contributed by atoms with Gasteiger partial charge in [0.25, 0.3) is 10.0 Å². The summed E-state index contributed by atoms with van der Waals surface area (Å²) in [5, 5.41) is -0.0636. The van der Waals surface area contributed by atoms with Crippen molar-refractivity contribution >= 4 is 38.3 Å². The van der Waals surface area contributed by atoms with E-state index in [1.807, 2.05) is 0 Å². The second-order valence-corrected chi connectivity index (χ2v) is 9.03. The van der Waals surface area contributed by atoms with Crippen molar-refractivity contribution in [2.45, 2.75) is 11.8 Å². The molecule has 4 rings (SSSR count). The number of nitrogens with one attached hydrogen (secondary N) is 3. The van der Waals surface area contributed by atoms with Gasteiger partial charge in [-0.1, -0.05) is 23.7 Å². The van der Waals surface area contributed by atoms with Crippen molar-refractivity contribution < 1.29 is 17.2 Å². The molecule has 32 heavy (non-hydrogen) atoms. The average molecular weight is 478 g/mol.